The Morgan fingerprint density at radius 2 is 2.22 bits per heavy atom. The largest absolute Gasteiger partial charge is 0.363 e. The zero-order valence-electron chi connectivity index (χ0n) is 10.1. The van der Waals surface area contributed by atoms with Gasteiger partial charge in [0, 0.05) is 9.75 Å². The molecular formula is C13H12ClN3S. The molecule has 0 saturated heterocycles. The average molecular weight is 278 g/mol. The van der Waals surface area contributed by atoms with E-state index in [1.165, 1.54) is 9.75 Å². The van der Waals surface area contributed by atoms with E-state index in [0.29, 0.717) is 16.5 Å². The van der Waals surface area contributed by atoms with Gasteiger partial charge in [0.25, 0.3) is 0 Å². The molecule has 1 N–H and O–H groups in total. The normalized spacial score (nSPS) is 11.9. The van der Waals surface area contributed by atoms with Crippen LogP contribution in [0.1, 0.15) is 28.3 Å². The molecule has 1 unspecified atom stereocenters. The highest BCUT2D eigenvalue weighted by atomic mass is 35.5. The molecule has 2 aromatic rings. The van der Waals surface area contributed by atoms with Crippen molar-refractivity contribution in [2.45, 2.75) is 19.9 Å². The summed E-state index contributed by atoms with van der Waals surface area (Å²) in [5, 5.41) is 12.5. The Bertz CT molecular complexity index is 601. The van der Waals surface area contributed by atoms with E-state index >= 15 is 0 Å². The molecule has 0 bridgehead atoms. The zero-order valence-corrected chi connectivity index (χ0v) is 11.6. The summed E-state index contributed by atoms with van der Waals surface area (Å²) in [5.41, 5.74) is 0.507. The van der Waals surface area contributed by atoms with E-state index < -0.39 is 0 Å². The maximum Gasteiger partial charge on any atom is 0.132 e. The lowest BCUT2D eigenvalue weighted by Gasteiger charge is -2.13. The number of aromatic nitrogens is 1. The second-order valence-electron chi connectivity index (χ2n) is 3.99. The molecule has 92 valence electrons. The molecule has 0 radical (unpaired) electrons. The molecule has 5 heteroatoms. The second-order valence-corrected chi connectivity index (χ2v) is 5.70. The maximum atomic E-state index is 8.88. The molecule has 0 aliphatic heterocycles. The minimum Gasteiger partial charge on any atom is -0.363 e. The number of rotatable bonds is 3. The third kappa shape index (κ3) is 3.00. The Hall–Kier alpha value is -1.57. The Labute approximate surface area is 115 Å². The van der Waals surface area contributed by atoms with Crippen molar-refractivity contribution in [2.75, 3.05) is 5.32 Å². The number of pyridine rings is 1. The van der Waals surface area contributed by atoms with Crippen LogP contribution in [0, 0.1) is 18.3 Å². The molecule has 2 rings (SSSR count). The van der Waals surface area contributed by atoms with Gasteiger partial charge in [0.05, 0.1) is 17.7 Å². The summed E-state index contributed by atoms with van der Waals surface area (Å²) in [6, 6.07) is 9.63. The number of nitriles is 1. The van der Waals surface area contributed by atoms with Crippen molar-refractivity contribution in [3.05, 3.63) is 44.7 Å². The first kappa shape index (κ1) is 12.9. The number of aryl methyl sites for hydroxylation is 1. The van der Waals surface area contributed by atoms with Gasteiger partial charge >= 0.3 is 0 Å². The first-order valence-electron chi connectivity index (χ1n) is 5.49. The maximum absolute atomic E-state index is 8.88. The van der Waals surface area contributed by atoms with Gasteiger partial charge in [-0.25, -0.2) is 4.98 Å². The van der Waals surface area contributed by atoms with E-state index in [1.54, 1.807) is 23.5 Å². The van der Waals surface area contributed by atoms with Crippen LogP contribution >= 0.6 is 22.9 Å². The Balaban J connectivity index is 2.19. The molecule has 0 fully saturated rings. The van der Waals surface area contributed by atoms with Crippen molar-refractivity contribution in [3.63, 3.8) is 0 Å². The van der Waals surface area contributed by atoms with Gasteiger partial charge in [-0.15, -0.1) is 11.3 Å². The van der Waals surface area contributed by atoms with Crippen molar-refractivity contribution in [1.29, 1.82) is 5.26 Å². The number of nitrogens with zero attached hydrogens (tertiary/aromatic N) is 2. The molecule has 2 heterocycles. The van der Waals surface area contributed by atoms with Crippen molar-refractivity contribution in [2.24, 2.45) is 0 Å². The minimum atomic E-state index is 0.140. The third-order valence-electron chi connectivity index (χ3n) is 2.48. The number of thiophene rings is 1. The molecule has 1 atom stereocenters. The number of hydrogen-bond donors (Lipinski definition) is 1. The van der Waals surface area contributed by atoms with Crippen LogP contribution < -0.4 is 5.32 Å². The molecule has 0 spiro atoms. The van der Waals surface area contributed by atoms with Crippen LogP contribution in [0.15, 0.2) is 24.3 Å². The summed E-state index contributed by atoms with van der Waals surface area (Å²) in [7, 11) is 0. The van der Waals surface area contributed by atoms with E-state index in [-0.39, 0.29) is 6.04 Å². The second kappa shape index (κ2) is 5.38. The Morgan fingerprint density at radius 1 is 1.44 bits per heavy atom. The topological polar surface area (TPSA) is 48.7 Å². The van der Waals surface area contributed by atoms with Crippen LogP contribution in [0.2, 0.25) is 5.15 Å². The third-order valence-corrected chi connectivity index (χ3v) is 3.85. The van der Waals surface area contributed by atoms with Gasteiger partial charge in [0.15, 0.2) is 0 Å². The highest BCUT2D eigenvalue weighted by Gasteiger charge is 2.09. The lowest BCUT2D eigenvalue weighted by Crippen LogP contribution is -2.06. The van der Waals surface area contributed by atoms with Crippen molar-refractivity contribution in [1.82, 2.24) is 4.98 Å². The summed E-state index contributed by atoms with van der Waals surface area (Å²) >= 11 is 7.60. The highest BCUT2D eigenvalue weighted by molar-refractivity contribution is 7.12. The summed E-state index contributed by atoms with van der Waals surface area (Å²) in [4.78, 5) is 6.66. The minimum absolute atomic E-state index is 0.140. The smallest absolute Gasteiger partial charge is 0.132 e. The van der Waals surface area contributed by atoms with Crippen LogP contribution in [0.3, 0.4) is 0 Å². The predicted molar refractivity (Wildman–Crippen MR) is 75.1 cm³/mol. The van der Waals surface area contributed by atoms with Gasteiger partial charge in [0.1, 0.15) is 11.0 Å². The van der Waals surface area contributed by atoms with Crippen LogP contribution in [0.4, 0.5) is 5.82 Å². The van der Waals surface area contributed by atoms with Gasteiger partial charge in [-0.3, -0.25) is 0 Å². The summed E-state index contributed by atoms with van der Waals surface area (Å²) < 4.78 is 0. The monoisotopic (exact) mass is 277 g/mol. The average Bonchev–Trinajstić information content (AvgIpc) is 2.75. The van der Waals surface area contributed by atoms with E-state index in [4.69, 9.17) is 16.9 Å². The molecule has 0 aliphatic rings. The van der Waals surface area contributed by atoms with E-state index in [9.17, 15) is 0 Å². The number of anilines is 1. The molecule has 2 aromatic heterocycles. The van der Waals surface area contributed by atoms with Crippen molar-refractivity contribution >= 4 is 28.8 Å². The summed E-state index contributed by atoms with van der Waals surface area (Å²) in [5.74, 6) is 0.623. The van der Waals surface area contributed by atoms with Crippen LogP contribution in [0.25, 0.3) is 0 Å². The molecule has 3 nitrogen and oxygen atoms in total. The van der Waals surface area contributed by atoms with Crippen LogP contribution in [0.5, 0.6) is 0 Å². The molecule has 0 aromatic carbocycles. The van der Waals surface area contributed by atoms with Gasteiger partial charge < -0.3 is 5.32 Å². The van der Waals surface area contributed by atoms with Crippen molar-refractivity contribution < 1.29 is 0 Å². The fourth-order valence-corrected chi connectivity index (χ4v) is 2.70. The first-order valence-corrected chi connectivity index (χ1v) is 6.68. The fraction of sp³-hybridized carbons (Fsp3) is 0.231. The number of nitrogens with one attached hydrogen (secondary N) is 1. The fourth-order valence-electron chi connectivity index (χ4n) is 1.61. The van der Waals surface area contributed by atoms with E-state index in [0.717, 1.165) is 0 Å². The highest BCUT2D eigenvalue weighted by Crippen LogP contribution is 2.26. The summed E-state index contributed by atoms with van der Waals surface area (Å²) in [6.45, 7) is 4.13. The standard InChI is InChI=1S/C13H12ClN3S/c1-8-3-4-11(18-8)9(2)16-13-6-10(7-15)5-12(14)17-13/h3-6,9H,1-2H3,(H,16,17). The zero-order chi connectivity index (χ0) is 13.1. The molecule has 0 aliphatic carbocycles. The number of halogens is 1. The van der Waals surface area contributed by atoms with Crippen LogP contribution in [-0.4, -0.2) is 4.98 Å². The van der Waals surface area contributed by atoms with Crippen LogP contribution in [-0.2, 0) is 0 Å². The predicted octanol–water partition coefficient (Wildman–Crippen LogP) is 4.15. The molecular weight excluding hydrogens is 266 g/mol. The molecule has 0 amide bonds. The van der Waals surface area contributed by atoms with Gasteiger partial charge in [0.2, 0.25) is 0 Å². The molecule has 0 saturated carbocycles. The lowest BCUT2D eigenvalue weighted by atomic mass is 10.2. The lowest BCUT2D eigenvalue weighted by molar-refractivity contribution is 0.896. The molecule has 18 heavy (non-hydrogen) atoms. The first-order chi connectivity index (χ1) is 8.58. The Kier molecular flexibility index (Phi) is 3.85. The Morgan fingerprint density at radius 3 is 2.83 bits per heavy atom. The number of hydrogen-bond acceptors (Lipinski definition) is 4. The van der Waals surface area contributed by atoms with E-state index in [1.807, 2.05) is 0 Å². The van der Waals surface area contributed by atoms with Gasteiger partial charge in [-0.2, -0.15) is 5.26 Å². The quantitative estimate of drug-likeness (QED) is 0.858. The van der Waals surface area contributed by atoms with E-state index in [2.05, 4.69) is 42.4 Å². The summed E-state index contributed by atoms with van der Waals surface area (Å²) in [6.07, 6.45) is 0. The van der Waals surface area contributed by atoms with Gasteiger partial charge in [-0.1, -0.05) is 11.6 Å². The van der Waals surface area contributed by atoms with Gasteiger partial charge in [-0.05, 0) is 38.1 Å². The SMILES string of the molecule is Cc1ccc(C(C)Nc2cc(C#N)cc(Cl)n2)s1. The van der Waals surface area contributed by atoms with Crippen molar-refractivity contribution in [3.8, 4) is 6.07 Å².